The van der Waals surface area contributed by atoms with Gasteiger partial charge in [-0.3, -0.25) is 0 Å². The van der Waals surface area contributed by atoms with Crippen LogP contribution in [0.5, 0.6) is 0 Å². The second kappa shape index (κ2) is 12.5. The molecule has 4 aromatic carbocycles. The van der Waals surface area contributed by atoms with Gasteiger partial charge in [0, 0.05) is 51.1 Å². The number of carbonyl (C=O) groups is 1. The second-order valence-corrected chi connectivity index (χ2v) is 13.9. The van der Waals surface area contributed by atoms with Crippen LogP contribution in [0, 0.1) is 23.7 Å². The van der Waals surface area contributed by atoms with E-state index in [0.717, 1.165) is 16.1 Å². The van der Waals surface area contributed by atoms with Crippen molar-refractivity contribution in [3.63, 3.8) is 0 Å². The molecule has 12 heteroatoms. The van der Waals surface area contributed by atoms with Gasteiger partial charge in [-0.2, -0.15) is 5.26 Å². The summed E-state index contributed by atoms with van der Waals surface area (Å²) < 4.78 is 78.5. The minimum Gasteiger partial charge on any atom is -0.465 e. The van der Waals surface area contributed by atoms with Crippen molar-refractivity contribution in [3.8, 4) is 39.6 Å². The van der Waals surface area contributed by atoms with Gasteiger partial charge in [0.25, 0.3) is 0 Å². The Hall–Kier alpha value is -5.10. The van der Waals surface area contributed by atoms with Crippen molar-refractivity contribution in [2.75, 3.05) is 7.11 Å². The first kappa shape index (κ1) is 32.8. The molecule has 1 aliphatic carbocycles. The van der Waals surface area contributed by atoms with Gasteiger partial charge in [-0.1, -0.05) is 48.0 Å². The molecule has 0 aliphatic heterocycles. The number of methoxy groups -OCH3 is 1. The van der Waals surface area contributed by atoms with Crippen molar-refractivity contribution in [2.45, 2.75) is 36.9 Å². The summed E-state index contributed by atoms with van der Waals surface area (Å²) in [5.41, 5.74) is 1.97. The van der Waals surface area contributed by atoms with E-state index in [1.54, 1.807) is 30.3 Å². The molecule has 0 spiro atoms. The highest BCUT2D eigenvalue weighted by atomic mass is 35.5. The van der Waals surface area contributed by atoms with Gasteiger partial charge >= 0.3 is 5.97 Å². The van der Waals surface area contributed by atoms with E-state index < -0.39 is 45.8 Å². The van der Waals surface area contributed by atoms with E-state index in [4.69, 9.17) is 22.9 Å². The molecule has 242 valence electrons. The van der Waals surface area contributed by atoms with Crippen LogP contribution in [0.4, 0.5) is 18.9 Å². The number of carbonyl (C=O) groups excluding carboxylic acids is 1. The Morgan fingerprint density at radius 3 is 2.40 bits per heavy atom. The van der Waals surface area contributed by atoms with Crippen LogP contribution < -0.4 is 0 Å². The number of esters is 1. The van der Waals surface area contributed by atoms with Gasteiger partial charge in [0.05, 0.1) is 41.8 Å². The highest BCUT2D eigenvalue weighted by Gasteiger charge is 2.42. The Labute approximate surface area is 279 Å². The van der Waals surface area contributed by atoms with E-state index in [2.05, 4.69) is 10.9 Å². The maximum absolute atomic E-state index is 15.0. The maximum Gasteiger partial charge on any atom is 0.337 e. The monoisotopic (exact) mass is 687 g/mol. The van der Waals surface area contributed by atoms with Gasteiger partial charge in [-0.25, -0.2) is 35.2 Å². The molecule has 48 heavy (non-hydrogen) atoms. The summed E-state index contributed by atoms with van der Waals surface area (Å²) in [6.45, 7) is 7.89. The molecule has 1 aliphatic rings. The summed E-state index contributed by atoms with van der Waals surface area (Å²) in [5.74, 6) is -4.27. The molecule has 1 aromatic heterocycles. The van der Waals surface area contributed by atoms with Gasteiger partial charge in [0.15, 0.2) is 5.69 Å². The smallest absolute Gasteiger partial charge is 0.337 e. The lowest BCUT2D eigenvalue weighted by Crippen LogP contribution is -2.35. The zero-order valence-electron chi connectivity index (χ0n) is 25.3. The molecule has 0 saturated heterocycles. The molecule has 6 rings (SSSR count). The number of hydrogen-bond donors (Lipinski definition) is 0. The predicted octanol–water partition coefficient (Wildman–Crippen LogP) is 9.40. The largest absolute Gasteiger partial charge is 0.465 e. The zero-order valence-corrected chi connectivity index (χ0v) is 26.9. The summed E-state index contributed by atoms with van der Waals surface area (Å²) in [6.07, 6.45) is -1.81. The molecule has 0 bridgehead atoms. The number of fused-ring (bicyclic) bond motifs is 1. The van der Waals surface area contributed by atoms with Crippen LogP contribution in [0.1, 0.15) is 41.6 Å². The Morgan fingerprint density at radius 2 is 1.73 bits per heavy atom. The molecule has 7 nitrogen and oxygen atoms in total. The Kier molecular flexibility index (Phi) is 8.54. The molecule has 0 N–H and O–H groups in total. The van der Waals surface area contributed by atoms with Crippen molar-refractivity contribution in [2.24, 2.45) is 0 Å². The van der Waals surface area contributed by atoms with Crippen LogP contribution in [0.2, 0.25) is 5.02 Å². The van der Waals surface area contributed by atoms with Crippen LogP contribution in [-0.4, -0.2) is 36.6 Å². The summed E-state index contributed by atoms with van der Waals surface area (Å²) in [4.78, 5) is 15.7. The van der Waals surface area contributed by atoms with Crippen LogP contribution in [0.3, 0.4) is 0 Å². The first-order valence-corrected chi connectivity index (χ1v) is 16.6. The molecule has 1 saturated carbocycles. The fourth-order valence-electron chi connectivity index (χ4n) is 6.29. The number of rotatable bonds is 6. The van der Waals surface area contributed by atoms with Gasteiger partial charge < -0.3 is 4.74 Å². The maximum atomic E-state index is 15.0. The lowest BCUT2D eigenvalue weighted by Gasteiger charge is -2.29. The van der Waals surface area contributed by atoms with Gasteiger partial charge in [-0.05, 0) is 60.9 Å². The van der Waals surface area contributed by atoms with E-state index in [-0.39, 0.29) is 62.4 Å². The highest BCUT2D eigenvalue weighted by molar-refractivity contribution is 7.90. The number of hydrogen-bond acceptors (Lipinski definition) is 5. The van der Waals surface area contributed by atoms with Gasteiger partial charge in [-0.15, -0.1) is 0 Å². The number of benzene rings is 4. The number of alkyl halides is 2. The van der Waals surface area contributed by atoms with Crippen molar-refractivity contribution in [1.82, 2.24) is 3.97 Å². The topological polar surface area (TPSA) is 93.5 Å². The van der Waals surface area contributed by atoms with Crippen molar-refractivity contribution in [1.29, 1.82) is 5.26 Å². The minimum atomic E-state index is -4.44. The Bertz CT molecular complexity index is 2280. The van der Waals surface area contributed by atoms with E-state index in [1.807, 2.05) is 0 Å². The number of aromatic nitrogens is 1. The molecule has 1 heterocycles. The lowest BCUT2D eigenvalue weighted by molar-refractivity contribution is -0.0329. The average Bonchev–Trinajstić information content (AvgIpc) is 3.41. The molecule has 0 radical (unpaired) electrons. The third-order valence-electron chi connectivity index (χ3n) is 8.60. The zero-order chi connectivity index (χ0) is 34.4. The van der Waals surface area contributed by atoms with Crippen molar-refractivity contribution < 1.29 is 31.1 Å². The molecule has 5 aromatic rings. The minimum absolute atomic E-state index is 0.0321. The van der Waals surface area contributed by atoms with Crippen LogP contribution in [0.15, 0.2) is 78.9 Å². The molecular formula is C36H25ClF3N3O4S. The first-order chi connectivity index (χ1) is 22.9. The first-order valence-electron chi connectivity index (χ1n) is 14.8. The van der Waals surface area contributed by atoms with Gasteiger partial charge in [0.1, 0.15) is 5.82 Å². The molecular weight excluding hydrogens is 663 g/mol. The third kappa shape index (κ3) is 5.70. The second-order valence-electron chi connectivity index (χ2n) is 11.4. The Morgan fingerprint density at radius 1 is 1.02 bits per heavy atom. The van der Waals surface area contributed by atoms with E-state index in [9.17, 15) is 27.3 Å². The van der Waals surface area contributed by atoms with Crippen LogP contribution in [0.25, 0.3) is 49.3 Å². The molecule has 0 atom stereocenters. The number of nitrogens with zero attached hydrogens (tertiary/aromatic N) is 3. The fourth-order valence-corrected chi connectivity index (χ4v) is 8.60. The van der Waals surface area contributed by atoms with Crippen LogP contribution >= 0.6 is 11.6 Å². The normalized spacial score (nSPS) is 14.7. The number of nitriles is 1. The lowest BCUT2D eigenvalue weighted by atomic mass is 9.92. The summed E-state index contributed by atoms with van der Waals surface area (Å²) in [7, 11) is -3.19. The predicted molar refractivity (Wildman–Crippen MR) is 177 cm³/mol. The molecule has 1 fully saturated rings. The fraction of sp³-hybridized carbons (Fsp3) is 0.194. The summed E-state index contributed by atoms with van der Waals surface area (Å²) in [5, 5.41) is 9.28. The standard InChI is InChI=1S/C36H25ClF3N3O4S/c1-42-30-8-4-7-24(20-41)32(30)33-28-19-25(38)10-12-31(28)43(48(45,46)26-13-15-36(39,40)16-14-26)34(33)22-6-3-5-21(17-22)27-11-9-23(18-29(27)37)35(44)47-2/h3-12,17-19,26H,13-16H2,2H3. The van der Waals surface area contributed by atoms with Crippen molar-refractivity contribution in [3.05, 3.63) is 112 Å². The van der Waals surface area contributed by atoms with Gasteiger partial charge in [0.2, 0.25) is 15.9 Å². The highest BCUT2D eigenvalue weighted by Crippen LogP contribution is 2.48. The Balaban J connectivity index is 1.70. The summed E-state index contributed by atoms with van der Waals surface area (Å²) >= 11 is 6.60. The van der Waals surface area contributed by atoms with Crippen molar-refractivity contribution >= 4 is 44.2 Å². The quantitative estimate of drug-likeness (QED) is 0.131. The number of halogens is 4. The third-order valence-corrected chi connectivity index (χ3v) is 11.1. The molecule has 0 amide bonds. The average molecular weight is 688 g/mol. The number of ether oxygens (including phenoxy) is 1. The van der Waals surface area contributed by atoms with E-state index in [0.29, 0.717) is 16.7 Å². The van der Waals surface area contributed by atoms with Crippen LogP contribution in [-0.2, 0) is 14.8 Å². The molecule has 0 unspecified atom stereocenters. The van der Waals surface area contributed by atoms with E-state index >= 15 is 4.39 Å². The van der Waals surface area contributed by atoms with E-state index in [1.165, 1.54) is 43.5 Å². The summed E-state index contributed by atoms with van der Waals surface area (Å²) in [6, 6.07) is 21.3. The SMILES string of the molecule is [C-]#[N+]c1cccc(C#N)c1-c1c(-c2cccc(-c3ccc(C(=O)OC)cc3Cl)c2)n(S(=O)(=O)C2CCC(F)(F)CC2)c2ccc(F)cc12.